The van der Waals surface area contributed by atoms with Crippen LogP contribution in [0.3, 0.4) is 0 Å². The lowest BCUT2D eigenvalue weighted by atomic mass is 10.2. The minimum Gasteiger partial charge on any atom is -0.482 e. The summed E-state index contributed by atoms with van der Waals surface area (Å²) in [5, 5.41) is 11.2. The number of halogens is 2. The first-order valence-electron chi connectivity index (χ1n) is 6.78. The Hall–Kier alpha value is -2.84. The van der Waals surface area contributed by atoms with E-state index >= 15 is 0 Å². The standard InChI is InChI=1S/C15H11Cl2N3O5/c16-10-3-6-13(12(17)7-10)25-8-14(21)18-19-15(22)9-1-4-11(5-2-9)20(23)24/h1-7H,8H2,(H,18,21)(H,19,22). The molecule has 0 heterocycles. The summed E-state index contributed by atoms with van der Waals surface area (Å²) in [6, 6.07) is 9.43. The molecule has 0 atom stereocenters. The van der Waals surface area contributed by atoms with Crippen LogP contribution in [0.5, 0.6) is 5.75 Å². The van der Waals surface area contributed by atoms with E-state index in [-0.39, 0.29) is 28.6 Å². The summed E-state index contributed by atoms with van der Waals surface area (Å²) in [5.41, 5.74) is 4.32. The summed E-state index contributed by atoms with van der Waals surface area (Å²) in [6.45, 7) is -0.387. The molecule has 0 aliphatic rings. The number of carbonyl (C=O) groups excluding carboxylic acids is 2. The Morgan fingerprint density at radius 2 is 1.76 bits per heavy atom. The van der Waals surface area contributed by atoms with Crippen molar-refractivity contribution in [3.05, 3.63) is 68.2 Å². The van der Waals surface area contributed by atoms with E-state index in [1.807, 2.05) is 0 Å². The number of amides is 2. The fraction of sp³-hybridized carbons (Fsp3) is 0.0667. The van der Waals surface area contributed by atoms with Gasteiger partial charge in [0.15, 0.2) is 6.61 Å². The number of carbonyl (C=O) groups is 2. The van der Waals surface area contributed by atoms with E-state index in [1.165, 1.54) is 36.4 Å². The molecular weight excluding hydrogens is 373 g/mol. The van der Waals surface area contributed by atoms with Gasteiger partial charge in [0, 0.05) is 22.7 Å². The SMILES string of the molecule is O=C(COc1ccc(Cl)cc1Cl)NNC(=O)c1ccc([N+](=O)[O-])cc1. The van der Waals surface area contributed by atoms with Gasteiger partial charge in [-0.2, -0.15) is 0 Å². The van der Waals surface area contributed by atoms with Crippen molar-refractivity contribution in [2.24, 2.45) is 0 Å². The number of non-ortho nitro benzene ring substituents is 1. The number of hydrazine groups is 1. The largest absolute Gasteiger partial charge is 0.482 e. The summed E-state index contributed by atoms with van der Waals surface area (Å²) in [6.07, 6.45) is 0. The van der Waals surface area contributed by atoms with Crippen molar-refractivity contribution in [1.82, 2.24) is 10.9 Å². The first-order valence-corrected chi connectivity index (χ1v) is 7.54. The molecule has 2 amide bonds. The molecular formula is C15H11Cl2N3O5. The van der Waals surface area contributed by atoms with Crippen LogP contribution in [0.15, 0.2) is 42.5 Å². The molecule has 10 heteroatoms. The Balaban J connectivity index is 1.82. The highest BCUT2D eigenvalue weighted by Gasteiger charge is 2.11. The van der Waals surface area contributed by atoms with Crippen LogP contribution in [0.2, 0.25) is 10.0 Å². The lowest BCUT2D eigenvalue weighted by molar-refractivity contribution is -0.384. The first-order chi connectivity index (χ1) is 11.9. The predicted molar refractivity (Wildman–Crippen MR) is 90.7 cm³/mol. The van der Waals surface area contributed by atoms with Crippen molar-refractivity contribution < 1.29 is 19.2 Å². The molecule has 130 valence electrons. The van der Waals surface area contributed by atoms with Crippen LogP contribution in [0.4, 0.5) is 5.69 Å². The molecule has 2 rings (SSSR count). The second kappa shape index (κ2) is 8.32. The molecule has 0 aromatic heterocycles. The van der Waals surface area contributed by atoms with Gasteiger partial charge in [-0.15, -0.1) is 0 Å². The summed E-state index contributed by atoms with van der Waals surface area (Å²) in [4.78, 5) is 33.5. The number of nitrogens with one attached hydrogen (secondary N) is 2. The zero-order valence-corrected chi connectivity index (χ0v) is 14.0. The number of ether oxygens (including phenoxy) is 1. The second-order valence-electron chi connectivity index (χ2n) is 4.67. The predicted octanol–water partition coefficient (Wildman–Crippen LogP) is 2.74. The van der Waals surface area contributed by atoms with Gasteiger partial charge in [0.2, 0.25) is 0 Å². The normalized spacial score (nSPS) is 10.0. The van der Waals surface area contributed by atoms with E-state index < -0.39 is 16.7 Å². The van der Waals surface area contributed by atoms with Gasteiger partial charge >= 0.3 is 0 Å². The number of nitro benzene ring substituents is 1. The minimum absolute atomic E-state index is 0.145. The lowest BCUT2D eigenvalue weighted by Gasteiger charge is -2.10. The molecule has 0 aliphatic carbocycles. The quantitative estimate of drug-likeness (QED) is 0.608. The summed E-state index contributed by atoms with van der Waals surface area (Å²) < 4.78 is 5.20. The smallest absolute Gasteiger partial charge is 0.276 e. The van der Waals surface area contributed by atoms with Crippen molar-refractivity contribution in [1.29, 1.82) is 0 Å². The van der Waals surface area contributed by atoms with Crippen LogP contribution in [-0.4, -0.2) is 23.3 Å². The van der Waals surface area contributed by atoms with Gasteiger partial charge in [-0.05, 0) is 30.3 Å². The average molecular weight is 384 g/mol. The van der Waals surface area contributed by atoms with E-state index in [0.29, 0.717) is 5.02 Å². The molecule has 0 radical (unpaired) electrons. The van der Waals surface area contributed by atoms with E-state index in [2.05, 4.69) is 10.9 Å². The van der Waals surface area contributed by atoms with Crippen molar-refractivity contribution in [3.8, 4) is 5.75 Å². The van der Waals surface area contributed by atoms with Gasteiger partial charge in [0.25, 0.3) is 17.5 Å². The fourth-order valence-electron chi connectivity index (χ4n) is 1.70. The van der Waals surface area contributed by atoms with Crippen molar-refractivity contribution in [2.75, 3.05) is 6.61 Å². The third-order valence-electron chi connectivity index (χ3n) is 2.91. The number of nitro groups is 1. The number of nitrogens with zero attached hydrogens (tertiary/aromatic N) is 1. The van der Waals surface area contributed by atoms with Crippen LogP contribution in [0.1, 0.15) is 10.4 Å². The maximum atomic E-state index is 11.8. The molecule has 2 aromatic carbocycles. The Morgan fingerprint density at radius 1 is 1.08 bits per heavy atom. The third kappa shape index (κ3) is 5.33. The Labute approximate surface area is 151 Å². The van der Waals surface area contributed by atoms with Crippen molar-refractivity contribution in [3.63, 3.8) is 0 Å². The maximum Gasteiger partial charge on any atom is 0.276 e. The van der Waals surface area contributed by atoms with Crippen molar-refractivity contribution in [2.45, 2.75) is 0 Å². The van der Waals surface area contributed by atoms with E-state index in [9.17, 15) is 19.7 Å². The van der Waals surface area contributed by atoms with E-state index in [0.717, 1.165) is 0 Å². The van der Waals surface area contributed by atoms with Gasteiger partial charge < -0.3 is 4.74 Å². The highest BCUT2D eigenvalue weighted by molar-refractivity contribution is 6.35. The molecule has 0 spiro atoms. The van der Waals surface area contributed by atoms with Gasteiger partial charge in [-0.3, -0.25) is 30.6 Å². The monoisotopic (exact) mass is 383 g/mol. The van der Waals surface area contributed by atoms with Crippen LogP contribution >= 0.6 is 23.2 Å². The Morgan fingerprint density at radius 3 is 2.36 bits per heavy atom. The lowest BCUT2D eigenvalue weighted by Crippen LogP contribution is -2.43. The Kier molecular flexibility index (Phi) is 6.15. The first kappa shape index (κ1) is 18.5. The molecule has 0 unspecified atom stereocenters. The van der Waals surface area contributed by atoms with E-state index in [4.69, 9.17) is 27.9 Å². The van der Waals surface area contributed by atoms with Gasteiger partial charge in [-0.25, -0.2) is 0 Å². The molecule has 25 heavy (non-hydrogen) atoms. The highest BCUT2D eigenvalue weighted by Crippen LogP contribution is 2.27. The number of benzene rings is 2. The molecule has 0 saturated heterocycles. The number of hydrogen-bond acceptors (Lipinski definition) is 5. The summed E-state index contributed by atoms with van der Waals surface area (Å²) >= 11 is 11.6. The van der Waals surface area contributed by atoms with Crippen LogP contribution in [0, 0.1) is 10.1 Å². The maximum absolute atomic E-state index is 11.8. The van der Waals surface area contributed by atoms with E-state index in [1.54, 1.807) is 6.07 Å². The van der Waals surface area contributed by atoms with Gasteiger partial charge in [0.1, 0.15) is 5.75 Å². The molecule has 0 saturated carbocycles. The Bertz CT molecular complexity index is 811. The molecule has 2 aromatic rings. The highest BCUT2D eigenvalue weighted by atomic mass is 35.5. The average Bonchev–Trinajstić information content (AvgIpc) is 2.59. The zero-order valence-electron chi connectivity index (χ0n) is 12.5. The minimum atomic E-state index is -0.632. The summed E-state index contributed by atoms with van der Waals surface area (Å²) in [5.74, 6) is -0.989. The molecule has 0 aliphatic heterocycles. The fourth-order valence-corrected chi connectivity index (χ4v) is 2.17. The summed E-state index contributed by atoms with van der Waals surface area (Å²) in [7, 11) is 0. The molecule has 8 nitrogen and oxygen atoms in total. The molecule has 2 N–H and O–H groups in total. The van der Waals surface area contributed by atoms with Gasteiger partial charge in [0.05, 0.1) is 9.95 Å². The van der Waals surface area contributed by atoms with Crippen molar-refractivity contribution >= 4 is 40.7 Å². The number of hydrogen-bond donors (Lipinski definition) is 2. The molecule has 0 bridgehead atoms. The molecule has 0 fully saturated rings. The van der Waals surface area contributed by atoms with Gasteiger partial charge in [-0.1, -0.05) is 23.2 Å². The van der Waals surface area contributed by atoms with Crippen LogP contribution in [-0.2, 0) is 4.79 Å². The number of rotatable bonds is 5. The second-order valence-corrected chi connectivity index (χ2v) is 5.51. The topological polar surface area (TPSA) is 111 Å². The third-order valence-corrected chi connectivity index (χ3v) is 3.44. The van der Waals surface area contributed by atoms with Crippen LogP contribution in [0.25, 0.3) is 0 Å². The zero-order chi connectivity index (χ0) is 18.4. The van der Waals surface area contributed by atoms with Crippen LogP contribution < -0.4 is 15.6 Å².